The quantitative estimate of drug-likeness (QED) is 0.735. The van der Waals surface area contributed by atoms with Crippen molar-refractivity contribution in [2.75, 3.05) is 26.2 Å². The highest BCUT2D eigenvalue weighted by atomic mass is 16.2. The van der Waals surface area contributed by atoms with Crippen LogP contribution in [0, 0.1) is 5.92 Å². The Morgan fingerprint density at radius 3 is 2.30 bits per heavy atom. The second-order valence-electron chi connectivity index (χ2n) is 6.18. The van der Waals surface area contributed by atoms with Crippen molar-refractivity contribution < 1.29 is 9.59 Å². The number of hydrogen-bond acceptors (Lipinski definition) is 3. The lowest BCUT2D eigenvalue weighted by atomic mass is 10.0. The van der Waals surface area contributed by atoms with Gasteiger partial charge in [0.2, 0.25) is 11.8 Å². The largest absolute Gasteiger partial charge is 0.349 e. The molecule has 2 heterocycles. The molecule has 0 atom stereocenters. The first-order valence-corrected chi connectivity index (χ1v) is 7.64. The molecule has 20 heavy (non-hydrogen) atoms. The van der Waals surface area contributed by atoms with Crippen molar-refractivity contribution in [2.24, 2.45) is 5.92 Å². The summed E-state index contributed by atoms with van der Waals surface area (Å²) >= 11 is 0. The minimum atomic E-state index is 0.0634. The molecular weight excluding hydrogens is 254 g/mol. The lowest BCUT2D eigenvalue weighted by Crippen LogP contribution is -2.47. The molecule has 0 aromatic carbocycles. The van der Waals surface area contributed by atoms with E-state index in [0.29, 0.717) is 11.8 Å². The molecule has 5 heteroatoms. The van der Waals surface area contributed by atoms with Crippen molar-refractivity contribution in [1.29, 1.82) is 0 Å². The van der Waals surface area contributed by atoms with Crippen molar-refractivity contribution >= 4 is 11.8 Å². The van der Waals surface area contributed by atoms with Crippen LogP contribution in [-0.4, -0.2) is 48.9 Å². The summed E-state index contributed by atoms with van der Waals surface area (Å²) in [7, 11) is 0. The predicted molar refractivity (Wildman–Crippen MR) is 76.0 cm³/mol. The molecule has 1 aliphatic carbocycles. The minimum absolute atomic E-state index is 0.0634. The first-order chi connectivity index (χ1) is 9.65. The van der Waals surface area contributed by atoms with E-state index >= 15 is 0 Å². The van der Waals surface area contributed by atoms with E-state index in [9.17, 15) is 9.59 Å². The average molecular weight is 277 g/mol. The number of nitrogens with zero attached hydrogens (tertiary/aromatic N) is 1. The fraction of sp³-hybridized carbons (Fsp3) is 0.733. The Morgan fingerprint density at radius 2 is 1.80 bits per heavy atom. The van der Waals surface area contributed by atoms with Gasteiger partial charge in [-0.2, -0.15) is 0 Å². The number of piperidine rings is 1. The molecule has 2 N–H and O–H groups in total. The first-order valence-electron chi connectivity index (χ1n) is 7.64. The zero-order valence-corrected chi connectivity index (χ0v) is 12.1. The van der Waals surface area contributed by atoms with Gasteiger partial charge < -0.3 is 15.5 Å². The Bertz CT molecular complexity index is 440. The average Bonchev–Trinajstić information content (AvgIpc) is 3.21. The third-order valence-corrected chi connectivity index (χ3v) is 4.62. The zero-order chi connectivity index (χ0) is 14.1. The van der Waals surface area contributed by atoms with Crippen LogP contribution in [0.25, 0.3) is 0 Å². The van der Waals surface area contributed by atoms with Crippen molar-refractivity contribution in [2.45, 2.75) is 38.6 Å². The summed E-state index contributed by atoms with van der Waals surface area (Å²) in [5, 5.41) is 6.26. The Labute approximate surface area is 119 Å². The molecule has 0 aromatic rings. The molecule has 2 saturated heterocycles. The molecule has 3 fully saturated rings. The fourth-order valence-corrected chi connectivity index (χ4v) is 2.80. The number of nitrogens with one attached hydrogen (secondary N) is 2. The van der Waals surface area contributed by atoms with E-state index in [1.165, 1.54) is 5.57 Å². The molecule has 0 unspecified atom stereocenters. The number of rotatable bonds is 3. The van der Waals surface area contributed by atoms with Crippen molar-refractivity contribution in [3.05, 3.63) is 11.1 Å². The summed E-state index contributed by atoms with van der Waals surface area (Å²) in [6, 6.07) is 0.217. The molecule has 3 rings (SSSR count). The Kier molecular flexibility index (Phi) is 3.78. The summed E-state index contributed by atoms with van der Waals surface area (Å²) in [4.78, 5) is 26.0. The Morgan fingerprint density at radius 1 is 1.15 bits per heavy atom. The van der Waals surface area contributed by atoms with E-state index in [-0.39, 0.29) is 11.9 Å². The van der Waals surface area contributed by atoms with Crippen LogP contribution in [0.3, 0.4) is 0 Å². The number of amides is 2. The first kappa shape index (κ1) is 13.6. The summed E-state index contributed by atoms with van der Waals surface area (Å²) in [5.74, 6) is 0.696. The highest BCUT2D eigenvalue weighted by Gasteiger charge is 2.35. The summed E-state index contributed by atoms with van der Waals surface area (Å²) in [6.07, 6.45) is 3.89. The standard InChI is InChI=1S/C15H23N3O2/c1-10(12-8-16-9-12)14(19)17-13-4-6-18(7-5-13)15(20)11-2-3-11/h11,13,16H,2-9H2,1H3,(H,17,19). The van der Waals surface area contributed by atoms with Gasteiger partial charge in [-0.15, -0.1) is 0 Å². The van der Waals surface area contributed by atoms with Gasteiger partial charge in [0, 0.05) is 43.7 Å². The molecule has 0 spiro atoms. The van der Waals surface area contributed by atoms with E-state index < -0.39 is 0 Å². The van der Waals surface area contributed by atoms with Crippen LogP contribution in [0.1, 0.15) is 32.6 Å². The van der Waals surface area contributed by atoms with Crippen LogP contribution in [0.2, 0.25) is 0 Å². The smallest absolute Gasteiger partial charge is 0.247 e. The second-order valence-corrected chi connectivity index (χ2v) is 6.18. The summed E-state index contributed by atoms with van der Waals surface area (Å²) in [5.41, 5.74) is 2.07. The number of hydrogen-bond donors (Lipinski definition) is 2. The van der Waals surface area contributed by atoms with Crippen molar-refractivity contribution in [3.8, 4) is 0 Å². The maximum atomic E-state index is 12.1. The van der Waals surface area contributed by atoms with Gasteiger partial charge in [0.05, 0.1) is 0 Å². The third kappa shape index (κ3) is 2.87. The Hall–Kier alpha value is -1.36. The third-order valence-electron chi connectivity index (χ3n) is 4.62. The van der Waals surface area contributed by atoms with Crippen LogP contribution in [0.15, 0.2) is 11.1 Å². The van der Waals surface area contributed by atoms with Crippen molar-refractivity contribution in [1.82, 2.24) is 15.5 Å². The van der Waals surface area contributed by atoms with Gasteiger partial charge in [-0.05, 0) is 38.2 Å². The van der Waals surface area contributed by atoms with Gasteiger partial charge in [-0.1, -0.05) is 0 Å². The Balaban J connectivity index is 1.46. The maximum absolute atomic E-state index is 12.1. The van der Waals surface area contributed by atoms with E-state index in [4.69, 9.17) is 0 Å². The highest BCUT2D eigenvalue weighted by molar-refractivity contribution is 5.94. The zero-order valence-electron chi connectivity index (χ0n) is 12.1. The van der Waals surface area contributed by atoms with E-state index in [1.807, 2.05) is 11.8 Å². The second kappa shape index (κ2) is 5.56. The summed E-state index contributed by atoms with van der Waals surface area (Å²) < 4.78 is 0. The molecule has 3 aliphatic rings. The topological polar surface area (TPSA) is 61.4 Å². The van der Waals surface area contributed by atoms with E-state index in [1.54, 1.807) is 0 Å². The van der Waals surface area contributed by atoms with E-state index in [2.05, 4.69) is 10.6 Å². The maximum Gasteiger partial charge on any atom is 0.247 e. The molecule has 0 aromatic heterocycles. The van der Waals surface area contributed by atoms with Gasteiger partial charge in [-0.25, -0.2) is 0 Å². The summed E-state index contributed by atoms with van der Waals surface area (Å²) in [6.45, 7) is 5.16. The lowest BCUT2D eigenvalue weighted by molar-refractivity contribution is -0.133. The number of carbonyl (C=O) groups is 2. The van der Waals surface area contributed by atoms with Crippen molar-refractivity contribution in [3.63, 3.8) is 0 Å². The molecule has 1 saturated carbocycles. The molecule has 5 nitrogen and oxygen atoms in total. The highest BCUT2D eigenvalue weighted by Crippen LogP contribution is 2.31. The number of carbonyl (C=O) groups excluding carboxylic acids is 2. The SMILES string of the molecule is CC(C(=O)NC1CCN(C(=O)C2CC2)CC1)=C1CNC1. The van der Waals surface area contributed by atoms with Crippen LogP contribution < -0.4 is 10.6 Å². The minimum Gasteiger partial charge on any atom is -0.349 e. The fourth-order valence-electron chi connectivity index (χ4n) is 2.80. The van der Waals surface area contributed by atoms with Crippen LogP contribution in [0.5, 0.6) is 0 Å². The van der Waals surface area contributed by atoms with Gasteiger partial charge >= 0.3 is 0 Å². The van der Waals surface area contributed by atoms with Gasteiger partial charge in [0.25, 0.3) is 0 Å². The van der Waals surface area contributed by atoms with Gasteiger partial charge in [-0.3, -0.25) is 9.59 Å². The molecule has 0 bridgehead atoms. The normalized spacial score (nSPS) is 23.2. The lowest BCUT2D eigenvalue weighted by Gasteiger charge is -2.33. The van der Waals surface area contributed by atoms with Crippen LogP contribution >= 0.6 is 0 Å². The van der Waals surface area contributed by atoms with Crippen LogP contribution in [0.4, 0.5) is 0 Å². The molecule has 110 valence electrons. The monoisotopic (exact) mass is 277 g/mol. The van der Waals surface area contributed by atoms with Crippen LogP contribution in [-0.2, 0) is 9.59 Å². The molecular formula is C15H23N3O2. The van der Waals surface area contributed by atoms with Gasteiger partial charge in [0.15, 0.2) is 0 Å². The molecule has 2 amide bonds. The van der Waals surface area contributed by atoms with Gasteiger partial charge in [0.1, 0.15) is 0 Å². The number of likely N-dealkylation sites (tertiary alicyclic amines) is 1. The van der Waals surface area contributed by atoms with E-state index in [0.717, 1.165) is 57.4 Å². The predicted octanol–water partition coefficient (Wildman–Crippen LogP) is 0.423. The molecule has 0 radical (unpaired) electrons. The molecule has 2 aliphatic heterocycles.